The van der Waals surface area contributed by atoms with Crippen molar-refractivity contribution < 1.29 is 0 Å². The lowest BCUT2D eigenvalue weighted by Gasteiger charge is -2.29. The zero-order valence-corrected chi connectivity index (χ0v) is 14.1. The molecular formula is C15H22N4S2. The number of aliphatic imine (C=N–C) groups is 1. The van der Waals surface area contributed by atoms with E-state index in [0.29, 0.717) is 5.25 Å². The Kier molecular flexibility index (Phi) is 4.38. The van der Waals surface area contributed by atoms with Crippen molar-refractivity contribution in [2.24, 2.45) is 4.99 Å². The second kappa shape index (κ2) is 6.10. The third-order valence-electron chi connectivity index (χ3n) is 3.98. The van der Waals surface area contributed by atoms with Crippen LogP contribution in [0.2, 0.25) is 0 Å². The minimum Gasteiger partial charge on any atom is -0.342 e. The van der Waals surface area contributed by atoms with E-state index in [1.165, 1.54) is 0 Å². The minimum atomic E-state index is -0.108. The minimum absolute atomic E-state index is 0.108. The smallest absolute Gasteiger partial charge is 0.191 e. The molecule has 3 aliphatic rings. The molecule has 1 saturated heterocycles. The van der Waals surface area contributed by atoms with Gasteiger partial charge in [0.15, 0.2) is 10.3 Å². The van der Waals surface area contributed by atoms with Crippen LogP contribution in [-0.2, 0) is 0 Å². The summed E-state index contributed by atoms with van der Waals surface area (Å²) in [6, 6.07) is 0.243. The summed E-state index contributed by atoms with van der Waals surface area (Å²) in [6.07, 6.45) is 12.9. The van der Waals surface area contributed by atoms with E-state index in [-0.39, 0.29) is 11.7 Å². The van der Waals surface area contributed by atoms with Crippen molar-refractivity contribution in [3.63, 3.8) is 0 Å². The SMILES string of the molecule is CCCC1(CCC)NC(=S)N(C2=NC3C=CC=CC3S2)N1. The molecule has 114 valence electrons. The fraction of sp³-hybridized carbons (Fsp3) is 0.600. The maximum absolute atomic E-state index is 5.54. The lowest BCUT2D eigenvalue weighted by atomic mass is 10.00. The Hall–Kier alpha value is -0.850. The predicted molar refractivity (Wildman–Crippen MR) is 94.1 cm³/mol. The van der Waals surface area contributed by atoms with E-state index < -0.39 is 0 Å². The number of amidine groups is 1. The molecule has 1 fully saturated rings. The number of hydrogen-bond donors (Lipinski definition) is 2. The largest absolute Gasteiger partial charge is 0.342 e. The van der Waals surface area contributed by atoms with Gasteiger partial charge < -0.3 is 5.32 Å². The number of fused-ring (bicyclic) bond motifs is 1. The van der Waals surface area contributed by atoms with Crippen LogP contribution in [0.25, 0.3) is 0 Å². The van der Waals surface area contributed by atoms with Crippen molar-refractivity contribution in [1.82, 2.24) is 15.8 Å². The van der Waals surface area contributed by atoms with E-state index >= 15 is 0 Å². The molecule has 0 radical (unpaired) electrons. The van der Waals surface area contributed by atoms with Crippen LogP contribution in [0.4, 0.5) is 0 Å². The van der Waals surface area contributed by atoms with Gasteiger partial charge in [-0.1, -0.05) is 62.8 Å². The first-order valence-electron chi connectivity index (χ1n) is 7.67. The number of hydrazine groups is 1. The fourth-order valence-electron chi connectivity index (χ4n) is 3.09. The van der Waals surface area contributed by atoms with Gasteiger partial charge in [-0.2, -0.15) is 0 Å². The first kappa shape index (κ1) is 15.1. The van der Waals surface area contributed by atoms with E-state index in [2.05, 4.69) is 48.9 Å². The first-order chi connectivity index (χ1) is 10.2. The Morgan fingerprint density at radius 2 is 2.00 bits per heavy atom. The summed E-state index contributed by atoms with van der Waals surface area (Å²) >= 11 is 7.32. The van der Waals surface area contributed by atoms with Crippen LogP contribution in [0.3, 0.4) is 0 Å². The summed E-state index contributed by atoms with van der Waals surface area (Å²) in [6.45, 7) is 4.41. The quantitative estimate of drug-likeness (QED) is 0.779. The molecule has 0 bridgehead atoms. The normalized spacial score (nSPS) is 29.5. The summed E-state index contributed by atoms with van der Waals surface area (Å²) in [5.74, 6) is 0. The Balaban J connectivity index is 1.76. The van der Waals surface area contributed by atoms with Crippen molar-refractivity contribution in [2.75, 3.05) is 0 Å². The molecule has 1 aliphatic carbocycles. The topological polar surface area (TPSA) is 39.7 Å². The van der Waals surface area contributed by atoms with Crippen molar-refractivity contribution in [1.29, 1.82) is 0 Å². The molecule has 0 aromatic rings. The highest BCUT2D eigenvalue weighted by molar-refractivity contribution is 8.14. The lowest BCUT2D eigenvalue weighted by molar-refractivity contribution is 0.233. The summed E-state index contributed by atoms with van der Waals surface area (Å²) in [5, 5.41) is 7.60. The highest BCUT2D eigenvalue weighted by atomic mass is 32.2. The maximum Gasteiger partial charge on any atom is 0.191 e. The number of nitrogens with zero attached hydrogens (tertiary/aromatic N) is 2. The highest BCUT2D eigenvalue weighted by Crippen LogP contribution is 2.34. The molecule has 21 heavy (non-hydrogen) atoms. The second-order valence-electron chi connectivity index (χ2n) is 5.71. The number of rotatable bonds is 4. The Morgan fingerprint density at radius 3 is 2.67 bits per heavy atom. The van der Waals surface area contributed by atoms with Crippen molar-refractivity contribution in [3.8, 4) is 0 Å². The van der Waals surface area contributed by atoms with Gasteiger partial charge in [0.1, 0.15) is 5.66 Å². The number of nitrogens with one attached hydrogen (secondary N) is 2. The summed E-state index contributed by atoms with van der Waals surface area (Å²) in [4.78, 5) is 4.81. The average molecular weight is 323 g/mol. The molecule has 6 heteroatoms. The molecule has 0 saturated carbocycles. The predicted octanol–water partition coefficient (Wildman–Crippen LogP) is 2.94. The van der Waals surface area contributed by atoms with E-state index in [9.17, 15) is 0 Å². The monoisotopic (exact) mass is 322 g/mol. The third kappa shape index (κ3) is 2.89. The fourth-order valence-corrected chi connectivity index (χ4v) is 4.61. The summed E-state index contributed by atoms with van der Waals surface area (Å²) in [7, 11) is 0. The van der Waals surface area contributed by atoms with E-state index in [0.717, 1.165) is 36.0 Å². The van der Waals surface area contributed by atoms with Gasteiger partial charge in [-0.25, -0.2) is 10.4 Å². The molecule has 3 rings (SSSR count). The lowest BCUT2D eigenvalue weighted by Crippen LogP contribution is -2.51. The first-order valence-corrected chi connectivity index (χ1v) is 8.96. The molecule has 0 aromatic heterocycles. The number of thioether (sulfide) groups is 1. The molecule has 2 atom stereocenters. The van der Waals surface area contributed by atoms with Gasteiger partial charge in [0.25, 0.3) is 0 Å². The van der Waals surface area contributed by atoms with E-state index in [1.54, 1.807) is 11.8 Å². The average Bonchev–Trinajstić information content (AvgIpc) is 3.01. The molecule has 2 N–H and O–H groups in total. The van der Waals surface area contributed by atoms with Crippen LogP contribution in [0, 0.1) is 0 Å². The van der Waals surface area contributed by atoms with E-state index in [4.69, 9.17) is 17.2 Å². The Morgan fingerprint density at radius 1 is 1.29 bits per heavy atom. The maximum atomic E-state index is 5.54. The molecule has 0 amide bonds. The van der Waals surface area contributed by atoms with Crippen LogP contribution < -0.4 is 10.7 Å². The Labute approximate surface area is 136 Å². The van der Waals surface area contributed by atoms with Crippen molar-refractivity contribution in [3.05, 3.63) is 24.3 Å². The summed E-state index contributed by atoms with van der Waals surface area (Å²) in [5.41, 5.74) is 3.48. The number of hydrogen-bond acceptors (Lipinski definition) is 4. The zero-order chi connectivity index (χ0) is 14.9. The molecular weight excluding hydrogens is 300 g/mol. The molecule has 0 spiro atoms. The van der Waals surface area contributed by atoms with Crippen LogP contribution in [0.5, 0.6) is 0 Å². The van der Waals surface area contributed by atoms with Gasteiger partial charge in [0, 0.05) is 0 Å². The summed E-state index contributed by atoms with van der Waals surface area (Å²) < 4.78 is 0. The van der Waals surface area contributed by atoms with Crippen molar-refractivity contribution in [2.45, 2.75) is 56.5 Å². The van der Waals surface area contributed by atoms with Crippen LogP contribution in [0.15, 0.2) is 29.3 Å². The van der Waals surface area contributed by atoms with Gasteiger partial charge in [-0.15, -0.1) is 0 Å². The van der Waals surface area contributed by atoms with Crippen LogP contribution in [0.1, 0.15) is 39.5 Å². The standard InChI is InChI=1S/C15H22N4S2/c1-3-9-15(10-4-2)17-13(20)19(18-15)14-16-11-7-5-6-8-12(11)21-14/h5-8,11-12,18H,3-4,9-10H2,1-2H3,(H,17,20). The van der Waals surface area contributed by atoms with Gasteiger partial charge in [-0.05, 0) is 25.1 Å². The number of thiocarbonyl (C=S) groups is 1. The van der Waals surface area contributed by atoms with Gasteiger partial charge in [0.05, 0.1) is 11.3 Å². The van der Waals surface area contributed by atoms with Crippen molar-refractivity contribution >= 4 is 34.3 Å². The molecule has 0 aromatic carbocycles. The number of allylic oxidation sites excluding steroid dienone is 2. The zero-order valence-electron chi connectivity index (χ0n) is 12.5. The highest BCUT2D eigenvalue weighted by Gasteiger charge is 2.42. The molecule has 2 aliphatic heterocycles. The van der Waals surface area contributed by atoms with E-state index in [1.807, 2.05) is 5.01 Å². The molecule has 4 nitrogen and oxygen atoms in total. The van der Waals surface area contributed by atoms with Gasteiger partial charge >= 0.3 is 0 Å². The third-order valence-corrected chi connectivity index (χ3v) is 5.47. The van der Waals surface area contributed by atoms with Gasteiger partial charge in [0.2, 0.25) is 0 Å². The molecule has 2 unspecified atom stereocenters. The van der Waals surface area contributed by atoms with Gasteiger partial charge in [-0.3, -0.25) is 4.99 Å². The molecule has 2 heterocycles. The Bertz CT molecular complexity index is 506. The second-order valence-corrected chi connectivity index (χ2v) is 7.25. The van der Waals surface area contributed by atoms with Crippen LogP contribution in [-0.4, -0.2) is 32.2 Å². The van der Waals surface area contributed by atoms with Crippen LogP contribution >= 0.6 is 24.0 Å².